The minimum atomic E-state index is -1.07. The maximum Gasteiger partial charge on any atom is 0.407 e. The van der Waals surface area contributed by atoms with Crippen LogP contribution in [0.25, 0.3) is 0 Å². The number of carbonyl (C=O) groups is 6. The Morgan fingerprint density at radius 2 is 1.66 bits per heavy atom. The summed E-state index contributed by atoms with van der Waals surface area (Å²) in [6, 6.07) is 3.32. The van der Waals surface area contributed by atoms with Crippen molar-refractivity contribution in [2.45, 2.75) is 59.1 Å². The zero-order valence-electron chi connectivity index (χ0n) is 20.6. The molecule has 11 heteroatoms. The molecule has 0 saturated carbocycles. The van der Waals surface area contributed by atoms with Crippen LogP contribution in [0.4, 0.5) is 4.79 Å². The molecule has 0 aromatic heterocycles. The molecule has 190 valence electrons. The molecule has 2 N–H and O–H groups in total. The maximum atomic E-state index is 13.1. The Bertz CT molecular complexity index is 1030. The number of ketones is 2. The normalized spacial score (nSPS) is 13.7. The fourth-order valence-corrected chi connectivity index (χ4v) is 3.40. The number of alkyl carbamates (subject to hydrolysis) is 1. The topological polar surface area (TPSA) is 148 Å². The quantitative estimate of drug-likeness (QED) is 0.352. The van der Waals surface area contributed by atoms with Crippen LogP contribution in [-0.4, -0.2) is 71.6 Å². The summed E-state index contributed by atoms with van der Waals surface area (Å²) in [5.74, 6) is -2.43. The number of fused-ring (bicyclic) bond motifs is 1. The predicted molar refractivity (Wildman–Crippen MR) is 124 cm³/mol. The van der Waals surface area contributed by atoms with E-state index in [0.29, 0.717) is 0 Å². The van der Waals surface area contributed by atoms with Gasteiger partial charge in [-0.3, -0.25) is 24.1 Å². The third-order valence-electron chi connectivity index (χ3n) is 4.93. The zero-order chi connectivity index (χ0) is 26.3. The van der Waals surface area contributed by atoms with Gasteiger partial charge in [0.1, 0.15) is 17.1 Å². The second-order valence-corrected chi connectivity index (χ2v) is 9.09. The molecule has 0 fully saturated rings. The third kappa shape index (κ3) is 7.62. The zero-order valence-corrected chi connectivity index (χ0v) is 20.6. The third-order valence-corrected chi connectivity index (χ3v) is 4.93. The summed E-state index contributed by atoms with van der Waals surface area (Å²) in [4.78, 5) is 74.1. The SMILES string of the molecule is CC(=O)CCC(C(C)=O)N1C(=O)c2cccc(OCC(=O)NCCNC(=O)OC(C)(C)C)c2C1=O. The summed E-state index contributed by atoms with van der Waals surface area (Å²) in [6.07, 6.45) is -0.529. The molecule has 1 aromatic rings. The summed E-state index contributed by atoms with van der Waals surface area (Å²) in [5, 5.41) is 5.06. The molecule has 35 heavy (non-hydrogen) atoms. The van der Waals surface area contributed by atoms with Crippen LogP contribution in [0.5, 0.6) is 5.75 Å². The summed E-state index contributed by atoms with van der Waals surface area (Å²) in [7, 11) is 0. The number of benzene rings is 1. The van der Waals surface area contributed by atoms with Crippen LogP contribution in [0.15, 0.2) is 18.2 Å². The monoisotopic (exact) mass is 489 g/mol. The van der Waals surface area contributed by atoms with Gasteiger partial charge in [0.05, 0.1) is 17.2 Å². The van der Waals surface area contributed by atoms with E-state index in [4.69, 9.17) is 9.47 Å². The lowest BCUT2D eigenvalue weighted by molar-refractivity contribution is -0.123. The molecule has 1 aliphatic rings. The molecule has 1 atom stereocenters. The fraction of sp³-hybridized carbons (Fsp3) is 0.500. The van der Waals surface area contributed by atoms with Gasteiger partial charge in [0.2, 0.25) is 0 Å². The summed E-state index contributed by atoms with van der Waals surface area (Å²) >= 11 is 0. The van der Waals surface area contributed by atoms with E-state index in [1.165, 1.54) is 32.0 Å². The standard InChI is InChI=1S/C24H31N3O8/c1-14(28)9-10-17(15(2)29)27-21(31)16-7-6-8-18(20(16)22(27)32)34-13-19(30)25-11-12-26-23(33)35-24(3,4)5/h6-8,17H,9-13H2,1-5H3,(H,25,30)(H,26,33). The molecule has 1 aliphatic heterocycles. The van der Waals surface area contributed by atoms with Crippen LogP contribution in [-0.2, 0) is 19.1 Å². The number of ether oxygens (including phenoxy) is 2. The lowest BCUT2D eigenvalue weighted by Gasteiger charge is -2.23. The van der Waals surface area contributed by atoms with Crippen molar-refractivity contribution in [3.05, 3.63) is 29.3 Å². The second kappa shape index (κ2) is 11.6. The minimum absolute atomic E-state index is 0.0271. The van der Waals surface area contributed by atoms with Crippen LogP contribution in [0.1, 0.15) is 68.2 Å². The van der Waals surface area contributed by atoms with Crippen molar-refractivity contribution in [1.82, 2.24) is 15.5 Å². The smallest absolute Gasteiger partial charge is 0.407 e. The van der Waals surface area contributed by atoms with Crippen LogP contribution in [0.2, 0.25) is 0 Å². The van der Waals surface area contributed by atoms with Gasteiger partial charge in [0.25, 0.3) is 17.7 Å². The first-order chi connectivity index (χ1) is 16.3. The van der Waals surface area contributed by atoms with E-state index >= 15 is 0 Å². The molecular weight excluding hydrogens is 458 g/mol. The van der Waals surface area contributed by atoms with Gasteiger partial charge in [-0.2, -0.15) is 0 Å². The number of nitrogens with one attached hydrogen (secondary N) is 2. The molecule has 1 heterocycles. The highest BCUT2D eigenvalue weighted by Crippen LogP contribution is 2.33. The molecule has 0 aliphatic carbocycles. The number of Topliss-reactive ketones (excluding diaryl/α,β-unsaturated/α-hetero) is 2. The second-order valence-electron chi connectivity index (χ2n) is 9.09. The summed E-state index contributed by atoms with van der Waals surface area (Å²) in [6.45, 7) is 7.64. The Morgan fingerprint density at radius 1 is 1.00 bits per heavy atom. The highest BCUT2D eigenvalue weighted by molar-refractivity contribution is 6.24. The highest BCUT2D eigenvalue weighted by Gasteiger charge is 2.43. The molecular formula is C24H31N3O8. The number of imide groups is 1. The summed E-state index contributed by atoms with van der Waals surface area (Å²) < 4.78 is 10.6. The van der Waals surface area contributed by atoms with Crippen molar-refractivity contribution in [3.63, 3.8) is 0 Å². The van der Waals surface area contributed by atoms with E-state index in [0.717, 1.165) is 4.90 Å². The van der Waals surface area contributed by atoms with E-state index in [2.05, 4.69) is 10.6 Å². The largest absolute Gasteiger partial charge is 0.483 e. The predicted octanol–water partition coefficient (Wildman–Crippen LogP) is 1.63. The van der Waals surface area contributed by atoms with Crippen molar-refractivity contribution in [2.24, 2.45) is 0 Å². The van der Waals surface area contributed by atoms with Crippen molar-refractivity contribution >= 4 is 35.4 Å². The first-order valence-electron chi connectivity index (χ1n) is 11.2. The Labute approximate surface area is 203 Å². The molecule has 0 radical (unpaired) electrons. The Hall–Kier alpha value is -3.76. The van der Waals surface area contributed by atoms with Gasteiger partial charge < -0.3 is 24.9 Å². The molecule has 4 amide bonds. The lowest BCUT2D eigenvalue weighted by Crippen LogP contribution is -2.44. The van der Waals surface area contributed by atoms with Crippen LogP contribution in [0.3, 0.4) is 0 Å². The number of rotatable bonds is 11. The van der Waals surface area contributed by atoms with Crippen LogP contribution in [0, 0.1) is 0 Å². The fourth-order valence-electron chi connectivity index (χ4n) is 3.40. The number of hydrogen-bond donors (Lipinski definition) is 2. The van der Waals surface area contributed by atoms with Gasteiger partial charge in [0.15, 0.2) is 12.4 Å². The number of nitrogens with zero attached hydrogens (tertiary/aromatic N) is 1. The Balaban J connectivity index is 1.98. The first-order valence-corrected chi connectivity index (χ1v) is 11.2. The van der Waals surface area contributed by atoms with Gasteiger partial charge in [-0.25, -0.2) is 4.79 Å². The van der Waals surface area contributed by atoms with Crippen molar-refractivity contribution in [1.29, 1.82) is 0 Å². The van der Waals surface area contributed by atoms with Gasteiger partial charge in [-0.15, -0.1) is 0 Å². The van der Waals surface area contributed by atoms with Crippen molar-refractivity contribution in [2.75, 3.05) is 19.7 Å². The average Bonchev–Trinajstić information content (AvgIpc) is 2.99. The minimum Gasteiger partial charge on any atom is -0.483 e. The average molecular weight is 490 g/mol. The summed E-state index contributed by atoms with van der Waals surface area (Å²) in [5.41, 5.74) is -0.613. The van der Waals surface area contributed by atoms with Crippen molar-refractivity contribution in [3.8, 4) is 5.75 Å². The van der Waals surface area contributed by atoms with Gasteiger partial charge >= 0.3 is 6.09 Å². The van der Waals surface area contributed by atoms with Crippen molar-refractivity contribution < 1.29 is 38.2 Å². The van der Waals surface area contributed by atoms with Gasteiger partial charge in [-0.05, 0) is 53.2 Å². The molecule has 11 nitrogen and oxygen atoms in total. The van der Waals surface area contributed by atoms with E-state index in [1.807, 2.05) is 0 Å². The Morgan fingerprint density at radius 3 is 2.26 bits per heavy atom. The molecule has 1 unspecified atom stereocenters. The number of amides is 4. The Kier molecular flexibility index (Phi) is 9.10. The van der Waals surface area contributed by atoms with E-state index < -0.39 is 47.8 Å². The van der Waals surface area contributed by atoms with Gasteiger partial charge in [-0.1, -0.05) is 6.07 Å². The van der Waals surface area contributed by atoms with E-state index in [9.17, 15) is 28.8 Å². The highest BCUT2D eigenvalue weighted by atomic mass is 16.6. The van der Waals surface area contributed by atoms with E-state index in [-0.39, 0.29) is 48.6 Å². The molecule has 0 saturated heterocycles. The van der Waals surface area contributed by atoms with Crippen LogP contribution >= 0.6 is 0 Å². The van der Waals surface area contributed by atoms with E-state index in [1.54, 1.807) is 20.8 Å². The first kappa shape index (κ1) is 27.5. The molecule has 0 bridgehead atoms. The number of carbonyl (C=O) groups excluding carboxylic acids is 6. The molecule has 0 spiro atoms. The lowest BCUT2D eigenvalue weighted by atomic mass is 10.0. The van der Waals surface area contributed by atoms with Crippen LogP contribution < -0.4 is 15.4 Å². The number of hydrogen-bond acceptors (Lipinski definition) is 8. The molecule has 1 aromatic carbocycles. The maximum absolute atomic E-state index is 13.1. The van der Waals surface area contributed by atoms with Gasteiger partial charge in [0, 0.05) is 19.5 Å². The molecule has 2 rings (SSSR count).